The van der Waals surface area contributed by atoms with Gasteiger partial charge in [-0.25, -0.2) is 0 Å². The van der Waals surface area contributed by atoms with Gasteiger partial charge in [0.2, 0.25) is 5.91 Å². The molecule has 2 rings (SSSR count). The summed E-state index contributed by atoms with van der Waals surface area (Å²) in [6, 6.07) is 6.81. The summed E-state index contributed by atoms with van der Waals surface area (Å²) in [6.45, 7) is 7.60. The molecule has 0 saturated carbocycles. The Kier molecular flexibility index (Phi) is 4.69. The van der Waals surface area contributed by atoms with Crippen LogP contribution in [0.3, 0.4) is 0 Å². The summed E-state index contributed by atoms with van der Waals surface area (Å²) in [5, 5.41) is 12.1. The van der Waals surface area contributed by atoms with E-state index in [-0.39, 0.29) is 18.4 Å². The Morgan fingerprint density at radius 2 is 1.83 bits per heavy atom. The zero-order valence-corrected chi connectivity index (χ0v) is 14.5. The number of benzene rings is 1. The molecule has 1 atom stereocenters. The second-order valence-corrected chi connectivity index (χ2v) is 7.59. The van der Waals surface area contributed by atoms with Crippen LogP contribution in [0.1, 0.15) is 44.5 Å². The van der Waals surface area contributed by atoms with Crippen molar-refractivity contribution in [1.82, 2.24) is 4.90 Å². The Hall–Kier alpha value is -2.37. The number of anilines is 1. The first kappa shape index (κ1) is 18.0. The Morgan fingerprint density at radius 1 is 1.21 bits per heavy atom. The molecule has 1 aromatic carbocycles. The number of nitrogens with zero attached hydrogens (tertiary/aromatic N) is 1. The summed E-state index contributed by atoms with van der Waals surface area (Å²) in [7, 11) is 0. The van der Waals surface area contributed by atoms with E-state index in [2.05, 4.69) is 5.32 Å². The quantitative estimate of drug-likeness (QED) is 0.891. The van der Waals surface area contributed by atoms with E-state index < -0.39 is 16.8 Å². The van der Waals surface area contributed by atoms with Crippen LogP contribution in [0.25, 0.3) is 0 Å². The van der Waals surface area contributed by atoms with Crippen molar-refractivity contribution in [3.8, 4) is 0 Å². The molecule has 0 aliphatic carbocycles. The van der Waals surface area contributed by atoms with Crippen molar-refractivity contribution in [2.45, 2.75) is 34.1 Å². The molecule has 0 spiro atoms. The molecule has 1 aromatic rings. The van der Waals surface area contributed by atoms with Crippen molar-refractivity contribution in [1.29, 1.82) is 0 Å². The van der Waals surface area contributed by atoms with E-state index in [1.807, 2.05) is 0 Å². The fourth-order valence-corrected chi connectivity index (χ4v) is 2.57. The molecule has 0 aromatic heterocycles. The maximum atomic E-state index is 12.8. The Bertz CT molecular complexity index is 678. The standard InChI is InChI=1S/C18H24N2O4/c1-17(2,3)15(22)19-13-8-6-5-7-12(13)14(21)20-10-9-18(4,11-20)16(23)24/h5-8H,9-11H2,1-4H3,(H,19,22)(H,23,24). The molecule has 130 valence electrons. The Morgan fingerprint density at radius 3 is 2.38 bits per heavy atom. The number of amides is 2. The van der Waals surface area contributed by atoms with Crippen LogP contribution in [0.2, 0.25) is 0 Å². The molecule has 6 heteroatoms. The molecule has 24 heavy (non-hydrogen) atoms. The number of likely N-dealkylation sites (tertiary alicyclic amines) is 1. The minimum Gasteiger partial charge on any atom is -0.481 e. The van der Waals surface area contributed by atoms with Crippen LogP contribution < -0.4 is 5.32 Å². The summed E-state index contributed by atoms with van der Waals surface area (Å²) < 4.78 is 0. The number of aliphatic carboxylic acids is 1. The maximum absolute atomic E-state index is 12.8. The van der Waals surface area contributed by atoms with E-state index >= 15 is 0 Å². The third-order valence-electron chi connectivity index (χ3n) is 4.36. The highest BCUT2D eigenvalue weighted by molar-refractivity contribution is 6.05. The monoisotopic (exact) mass is 332 g/mol. The van der Waals surface area contributed by atoms with Crippen LogP contribution in [0.15, 0.2) is 24.3 Å². The number of carbonyl (C=O) groups is 3. The topological polar surface area (TPSA) is 86.7 Å². The second-order valence-electron chi connectivity index (χ2n) is 7.59. The molecular formula is C18H24N2O4. The third-order valence-corrected chi connectivity index (χ3v) is 4.36. The van der Waals surface area contributed by atoms with Crippen LogP contribution in [-0.4, -0.2) is 40.9 Å². The highest BCUT2D eigenvalue weighted by Gasteiger charge is 2.42. The van der Waals surface area contributed by atoms with Crippen molar-refractivity contribution in [3.63, 3.8) is 0 Å². The lowest BCUT2D eigenvalue weighted by atomic mass is 9.90. The van der Waals surface area contributed by atoms with Crippen LogP contribution in [0.5, 0.6) is 0 Å². The van der Waals surface area contributed by atoms with E-state index in [1.54, 1.807) is 52.0 Å². The number of carboxylic acids is 1. The van der Waals surface area contributed by atoms with Gasteiger partial charge in [0.15, 0.2) is 0 Å². The van der Waals surface area contributed by atoms with Gasteiger partial charge in [-0.3, -0.25) is 14.4 Å². The van der Waals surface area contributed by atoms with Crippen LogP contribution >= 0.6 is 0 Å². The highest BCUT2D eigenvalue weighted by atomic mass is 16.4. The maximum Gasteiger partial charge on any atom is 0.311 e. The zero-order chi connectivity index (χ0) is 18.1. The number of carboxylic acid groups (broad SMARTS) is 1. The van der Waals surface area contributed by atoms with Gasteiger partial charge in [0.25, 0.3) is 5.91 Å². The summed E-state index contributed by atoms with van der Waals surface area (Å²) in [5.41, 5.74) is -0.665. The molecule has 2 amide bonds. The van der Waals surface area contributed by atoms with Crippen LogP contribution in [0.4, 0.5) is 5.69 Å². The first-order valence-electron chi connectivity index (χ1n) is 7.98. The first-order chi connectivity index (χ1) is 11.0. The van der Waals surface area contributed by atoms with Gasteiger partial charge in [-0.05, 0) is 25.5 Å². The smallest absolute Gasteiger partial charge is 0.311 e. The number of hydrogen-bond acceptors (Lipinski definition) is 3. The number of hydrogen-bond donors (Lipinski definition) is 2. The van der Waals surface area contributed by atoms with Crippen molar-refractivity contribution in [2.75, 3.05) is 18.4 Å². The minimum absolute atomic E-state index is 0.169. The second kappa shape index (κ2) is 6.26. The fourth-order valence-electron chi connectivity index (χ4n) is 2.57. The van der Waals surface area contributed by atoms with Gasteiger partial charge >= 0.3 is 5.97 Å². The molecule has 0 radical (unpaired) electrons. The van der Waals surface area contributed by atoms with Crippen LogP contribution in [-0.2, 0) is 9.59 Å². The lowest BCUT2D eigenvalue weighted by Crippen LogP contribution is -2.35. The average Bonchev–Trinajstić information content (AvgIpc) is 2.90. The SMILES string of the molecule is CC(C)(C)C(=O)Nc1ccccc1C(=O)N1CCC(C)(C(=O)O)C1. The van der Waals surface area contributed by atoms with E-state index in [4.69, 9.17) is 0 Å². The summed E-state index contributed by atoms with van der Waals surface area (Å²) >= 11 is 0. The molecule has 1 unspecified atom stereocenters. The number of nitrogens with one attached hydrogen (secondary N) is 1. The molecule has 1 fully saturated rings. The van der Waals surface area contributed by atoms with Crippen LogP contribution in [0, 0.1) is 10.8 Å². The van der Waals surface area contributed by atoms with E-state index in [0.29, 0.717) is 24.2 Å². The van der Waals surface area contributed by atoms with Gasteiger partial charge in [-0.1, -0.05) is 32.9 Å². The Labute approximate surface area is 141 Å². The number of para-hydroxylation sites is 1. The van der Waals surface area contributed by atoms with Gasteiger partial charge < -0.3 is 15.3 Å². The third kappa shape index (κ3) is 3.58. The molecule has 6 nitrogen and oxygen atoms in total. The van der Waals surface area contributed by atoms with E-state index in [9.17, 15) is 19.5 Å². The normalized spacial score (nSPS) is 20.8. The van der Waals surface area contributed by atoms with Gasteiger partial charge in [0, 0.05) is 18.5 Å². The highest BCUT2D eigenvalue weighted by Crippen LogP contribution is 2.32. The van der Waals surface area contributed by atoms with Crippen molar-refractivity contribution in [3.05, 3.63) is 29.8 Å². The lowest BCUT2D eigenvalue weighted by Gasteiger charge is -2.23. The summed E-state index contributed by atoms with van der Waals surface area (Å²) in [6.07, 6.45) is 0.421. The number of carbonyl (C=O) groups excluding carboxylic acids is 2. The molecule has 1 aliphatic heterocycles. The molecule has 0 bridgehead atoms. The minimum atomic E-state index is -0.917. The zero-order valence-electron chi connectivity index (χ0n) is 14.5. The van der Waals surface area contributed by atoms with Gasteiger partial charge in [-0.15, -0.1) is 0 Å². The molecule has 1 heterocycles. The predicted molar refractivity (Wildman–Crippen MR) is 90.8 cm³/mol. The van der Waals surface area contributed by atoms with E-state index in [1.165, 1.54) is 4.90 Å². The average molecular weight is 332 g/mol. The van der Waals surface area contributed by atoms with Gasteiger partial charge in [-0.2, -0.15) is 0 Å². The van der Waals surface area contributed by atoms with Gasteiger partial charge in [0.1, 0.15) is 0 Å². The van der Waals surface area contributed by atoms with Crippen molar-refractivity contribution in [2.24, 2.45) is 10.8 Å². The summed E-state index contributed by atoms with van der Waals surface area (Å²) in [5.74, 6) is -1.34. The predicted octanol–water partition coefficient (Wildman–Crippen LogP) is 2.61. The van der Waals surface area contributed by atoms with Crippen molar-refractivity contribution >= 4 is 23.5 Å². The Balaban J connectivity index is 2.22. The summed E-state index contributed by atoms with van der Waals surface area (Å²) in [4.78, 5) is 37.9. The van der Waals surface area contributed by atoms with E-state index in [0.717, 1.165) is 0 Å². The molecular weight excluding hydrogens is 308 g/mol. The number of rotatable bonds is 3. The molecule has 1 saturated heterocycles. The molecule has 1 aliphatic rings. The lowest BCUT2D eigenvalue weighted by molar-refractivity contribution is -0.147. The van der Waals surface area contributed by atoms with Crippen molar-refractivity contribution < 1.29 is 19.5 Å². The largest absolute Gasteiger partial charge is 0.481 e. The first-order valence-corrected chi connectivity index (χ1v) is 7.98. The fraction of sp³-hybridized carbons (Fsp3) is 0.500. The molecule has 2 N–H and O–H groups in total. The van der Waals surface area contributed by atoms with Gasteiger partial charge in [0.05, 0.1) is 16.7 Å².